The van der Waals surface area contributed by atoms with Crippen LogP contribution in [0.15, 0.2) is 78.9 Å². The van der Waals surface area contributed by atoms with Crippen molar-refractivity contribution in [3.8, 4) is 11.5 Å². The first-order valence-electron chi connectivity index (χ1n) is 8.82. The second-order valence-corrected chi connectivity index (χ2v) is 6.64. The summed E-state index contributed by atoms with van der Waals surface area (Å²) in [6, 6.07) is 26.4. The van der Waals surface area contributed by atoms with Crippen molar-refractivity contribution in [1.29, 1.82) is 0 Å². The first-order chi connectivity index (χ1) is 13.3. The Balaban J connectivity index is 1.48. The molecule has 4 nitrogen and oxygen atoms in total. The molecule has 3 aromatic rings. The number of thiocarbonyl (C=S) groups is 1. The van der Waals surface area contributed by atoms with Crippen LogP contribution in [0.4, 0.5) is 5.69 Å². The molecule has 0 saturated heterocycles. The summed E-state index contributed by atoms with van der Waals surface area (Å²) >= 11 is 5.71. The Morgan fingerprint density at radius 3 is 2.33 bits per heavy atom. The van der Waals surface area contributed by atoms with Gasteiger partial charge in [-0.2, -0.15) is 0 Å². The summed E-state index contributed by atoms with van der Waals surface area (Å²) < 4.78 is 10.8. The molecule has 1 heterocycles. The van der Waals surface area contributed by atoms with E-state index in [1.54, 1.807) is 0 Å². The van der Waals surface area contributed by atoms with E-state index in [1.165, 1.54) is 5.56 Å². The average molecular weight is 376 g/mol. The van der Waals surface area contributed by atoms with E-state index in [9.17, 15) is 0 Å². The second kappa shape index (κ2) is 8.10. The molecule has 3 aromatic carbocycles. The highest BCUT2D eigenvalue weighted by atomic mass is 32.1. The Morgan fingerprint density at radius 2 is 1.56 bits per heavy atom. The molecule has 27 heavy (non-hydrogen) atoms. The normalized spacial score (nSPS) is 11.9. The molecule has 4 rings (SSSR count). The van der Waals surface area contributed by atoms with Crippen molar-refractivity contribution < 1.29 is 9.47 Å². The van der Waals surface area contributed by atoms with Crippen LogP contribution in [0, 0.1) is 0 Å². The maximum atomic E-state index is 5.71. The first kappa shape index (κ1) is 17.4. The van der Waals surface area contributed by atoms with Gasteiger partial charge in [-0.3, -0.25) is 0 Å². The standard InChI is InChI=1S/C22H20N2O2S/c27-22(23-14-18-11-12-20-21(13-18)26-16-25-20)24(19-9-5-2-6-10-19)15-17-7-3-1-4-8-17/h1-13H,14-16H2,(H,23,27). The van der Waals surface area contributed by atoms with E-state index < -0.39 is 0 Å². The summed E-state index contributed by atoms with van der Waals surface area (Å²) in [6.07, 6.45) is 0. The van der Waals surface area contributed by atoms with Crippen molar-refractivity contribution in [2.24, 2.45) is 0 Å². The fourth-order valence-electron chi connectivity index (χ4n) is 2.98. The predicted octanol–water partition coefficient (Wildman–Crippen LogP) is 4.50. The molecule has 0 aromatic heterocycles. The van der Waals surface area contributed by atoms with Gasteiger partial charge in [0.15, 0.2) is 16.6 Å². The lowest BCUT2D eigenvalue weighted by Gasteiger charge is -2.26. The average Bonchev–Trinajstić information content (AvgIpc) is 3.19. The molecule has 1 aliphatic rings. The van der Waals surface area contributed by atoms with Crippen LogP contribution in [-0.4, -0.2) is 11.9 Å². The summed E-state index contributed by atoms with van der Waals surface area (Å²) in [6.45, 7) is 1.61. The number of hydrogen-bond donors (Lipinski definition) is 1. The van der Waals surface area contributed by atoms with Crippen LogP contribution in [0.2, 0.25) is 0 Å². The molecular weight excluding hydrogens is 356 g/mol. The Labute approximate surface area is 164 Å². The predicted molar refractivity (Wildman–Crippen MR) is 111 cm³/mol. The van der Waals surface area contributed by atoms with E-state index in [-0.39, 0.29) is 6.79 Å². The Hall–Kier alpha value is -3.05. The number of para-hydroxylation sites is 1. The third-order valence-corrected chi connectivity index (χ3v) is 4.74. The van der Waals surface area contributed by atoms with Crippen molar-refractivity contribution in [3.63, 3.8) is 0 Å². The van der Waals surface area contributed by atoms with Crippen molar-refractivity contribution in [3.05, 3.63) is 90.0 Å². The third kappa shape index (κ3) is 4.20. The molecule has 0 bridgehead atoms. The summed E-state index contributed by atoms with van der Waals surface area (Å²) in [5.41, 5.74) is 3.35. The minimum absolute atomic E-state index is 0.281. The number of fused-ring (bicyclic) bond motifs is 1. The number of ether oxygens (including phenoxy) is 2. The second-order valence-electron chi connectivity index (χ2n) is 6.25. The van der Waals surface area contributed by atoms with Crippen LogP contribution < -0.4 is 19.7 Å². The zero-order chi connectivity index (χ0) is 18.5. The van der Waals surface area contributed by atoms with Crippen molar-refractivity contribution >= 4 is 23.0 Å². The van der Waals surface area contributed by atoms with E-state index in [2.05, 4.69) is 34.5 Å². The number of rotatable bonds is 5. The smallest absolute Gasteiger partial charge is 0.231 e. The zero-order valence-corrected chi connectivity index (χ0v) is 15.6. The van der Waals surface area contributed by atoms with Gasteiger partial charge in [0.25, 0.3) is 0 Å². The molecule has 0 amide bonds. The summed E-state index contributed by atoms with van der Waals surface area (Å²) in [5.74, 6) is 1.57. The highest BCUT2D eigenvalue weighted by Crippen LogP contribution is 2.32. The molecular formula is C22H20N2O2S. The third-order valence-electron chi connectivity index (χ3n) is 4.38. The lowest BCUT2D eigenvalue weighted by Crippen LogP contribution is -2.39. The minimum atomic E-state index is 0.281. The summed E-state index contributed by atoms with van der Waals surface area (Å²) in [7, 11) is 0. The van der Waals surface area contributed by atoms with E-state index in [0.29, 0.717) is 18.2 Å². The van der Waals surface area contributed by atoms with E-state index in [0.717, 1.165) is 22.7 Å². The molecule has 0 atom stereocenters. The van der Waals surface area contributed by atoms with Gasteiger partial charge < -0.3 is 19.7 Å². The SMILES string of the molecule is S=C(NCc1ccc2c(c1)OCO2)N(Cc1ccccc1)c1ccccc1. The van der Waals surface area contributed by atoms with Gasteiger partial charge in [0.2, 0.25) is 6.79 Å². The molecule has 0 unspecified atom stereocenters. The molecule has 0 aliphatic carbocycles. The van der Waals surface area contributed by atoms with Crippen LogP contribution in [0.3, 0.4) is 0 Å². The molecule has 0 fully saturated rings. The molecule has 1 N–H and O–H groups in total. The lowest BCUT2D eigenvalue weighted by atomic mass is 10.2. The van der Waals surface area contributed by atoms with Gasteiger partial charge in [-0.05, 0) is 47.6 Å². The van der Waals surface area contributed by atoms with Crippen LogP contribution in [0.1, 0.15) is 11.1 Å². The van der Waals surface area contributed by atoms with Gasteiger partial charge in [0.1, 0.15) is 0 Å². The topological polar surface area (TPSA) is 33.7 Å². The molecule has 136 valence electrons. The zero-order valence-electron chi connectivity index (χ0n) is 14.8. The number of nitrogens with one attached hydrogen (secondary N) is 1. The number of benzene rings is 3. The Bertz CT molecular complexity index is 916. The van der Waals surface area contributed by atoms with Gasteiger partial charge in [0, 0.05) is 12.2 Å². The molecule has 0 saturated carbocycles. The largest absolute Gasteiger partial charge is 0.454 e. The van der Waals surface area contributed by atoms with E-state index >= 15 is 0 Å². The fourth-order valence-corrected chi connectivity index (χ4v) is 3.22. The van der Waals surface area contributed by atoms with E-state index in [4.69, 9.17) is 21.7 Å². The van der Waals surface area contributed by atoms with Gasteiger partial charge >= 0.3 is 0 Å². The summed E-state index contributed by atoms with van der Waals surface area (Å²) in [4.78, 5) is 2.11. The van der Waals surface area contributed by atoms with Gasteiger partial charge in [-0.15, -0.1) is 0 Å². The first-order valence-corrected chi connectivity index (χ1v) is 9.23. The fraction of sp³-hybridized carbons (Fsp3) is 0.136. The Morgan fingerprint density at radius 1 is 0.852 bits per heavy atom. The maximum absolute atomic E-state index is 5.71. The molecule has 5 heteroatoms. The van der Waals surface area contributed by atoms with Crippen LogP contribution >= 0.6 is 12.2 Å². The lowest BCUT2D eigenvalue weighted by molar-refractivity contribution is 0.174. The highest BCUT2D eigenvalue weighted by molar-refractivity contribution is 7.80. The number of anilines is 1. The van der Waals surface area contributed by atoms with Crippen LogP contribution in [-0.2, 0) is 13.1 Å². The summed E-state index contributed by atoms with van der Waals surface area (Å²) in [5, 5.41) is 4.05. The van der Waals surface area contributed by atoms with Crippen molar-refractivity contribution in [2.45, 2.75) is 13.1 Å². The minimum Gasteiger partial charge on any atom is -0.454 e. The molecule has 1 aliphatic heterocycles. The van der Waals surface area contributed by atoms with Crippen LogP contribution in [0.25, 0.3) is 0 Å². The van der Waals surface area contributed by atoms with E-state index in [1.807, 2.05) is 54.6 Å². The highest BCUT2D eigenvalue weighted by Gasteiger charge is 2.15. The number of nitrogens with zero attached hydrogens (tertiary/aromatic N) is 1. The molecule has 0 spiro atoms. The van der Waals surface area contributed by atoms with Crippen LogP contribution in [0.5, 0.6) is 11.5 Å². The maximum Gasteiger partial charge on any atom is 0.231 e. The van der Waals surface area contributed by atoms with Crippen molar-refractivity contribution in [1.82, 2.24) is 5.32 Å². The Kier molecular flexibility index (Phi) is 5.21. The van der Waals surface area contributed by atoms with Crippen molar-refractivity contribution in [2.75, 3.05) is 11.7 Å². The monoisotopic (exact) mass is 376 g/mol. The van der Waals surface area contributed by atoms with Gasteiger partial charge in [-0.25, -0.2) is 0 Å². The number of hydrogen-bond acceptors (Lipinski definition) is 3. The molecule has 0 radical (unpaired) electrons. The quantitative estimate of drug-likeness (QED) is 0.663. The van der Waals surface area contributed by atoms with Gasteiger partial charge in [0.05, 0.1) is 6.54 Å². The van der Waals surface area contributed by atoms with Gasteiger partial charge in [-0.1, -0.05) is 54.6 Å².